The van der Waals surface area contributed by atoms with Gasteiger partial charge in [0.05, 0.1) is 22.1 Å². The maximum atomic E-state index is 13.7. The Kier molecular flexibility index (Phi) is 4.22. The van der Waals surface area contributed by atoms with Crippen LogP contribution in [-0.2, 0) is 6.54 Å². The molecule has 0 spiro atoms. The Bertz CT molecular complexity index is 593. The van der Waals surface area contributed by atoms with Crippen LogP contribution in [-0.4, -0.2) is 16.3 Å². The first-order chi connectivity index (χ1) is 9.02. The molecule has 1 N–H and O–H groups in total. The number of hydrogen-bond acceptors (Lipinski definition) is 2. The number of aryl methyl sites for hydroxylation is 1. The Hall–Kier alpha value is -1.39. The van der Waals surface area contributed by atoms with Crippen LogP contribution in [0.5, 0.6) is 0 Å². The fourth-order valence-corrected chi connectivity index (χ4v) is 2.12. The molecular formula is C14H17ClFN3. The van der Waals surface area contributed by atoms with E-state index in [0.717, 1.165) is 23.5 Å². The van der Waals surface area contributed by atoms with Crippen molar-refractivity contribution in [2.75, 3.05) is 6.54 Å². The minimum Gasteiger partial charge on any atom is -0.313 e. The monoisotopic (exact) mass is 281 g/mol. The molecule has 0 unspecified atom stereocenters. The molecule has 1 aromatic heterocycles. The van der Waals surface area contributed by atoms with E-state index in [2.05, 4.69) is 10.4 Å². The summed E-state index contributed by atoms with van der Waals surface area (Å²) in [6, 6.07) is 4.91. The molecule has 1 heterocycles. The lowest BCUT2D eigenvalue weighted by atomic mass is 10.2. The third kappa shape index (κ3) is 2.96. The summed E-state index contributed by atoms with van der Waals surface area (Å²) in [5.41, 5.74) is 3.15. The van der Waals surface area contributed by atoms with E-state index in [4.69, 9.17) is 11.6 Å². The lowest BCUT2D eigenvalue weighted by Crippen LogP contribution is -2.12. The van der Waals surface area contributed by atoms with E-state index in [9.17, 15) is 4.39 Å². The van der Waals surface area contributed by atoms with Crippen molar-refractivity contribution < 1.29 is 4.39 Å². The van der Waals surface area contributed by atoms with Gasteiger partial charge in [0.15, 0.2) is 0 Å². The number of nitrogens with one attached hydrogen (secondary N) is 1. The number of halogens is 2. The van der Waals surface area contributed by atoms with E-state index in [-0.39, 0.29) is 5.82 Å². The van der Waals surface area contributed by atoms with Crippen LogP contribution in [0.3, 0.4) is 0 Å². The van der Waals surface area contributed by atoms with Gasteiger partial charge in [-0.15, -0.1) is 0 Å². The predicted octanol–water partition coefficient (Wildman–Crippen LogP) is 3.39. The summed E-state index contributed by atoms with van der Waals surface area (Å²) in [6.07, 6.45) is 0. The highest BCUT2D eigenvalue weighted by molar-refractivity contribution is 6.31. The molecule has 0 atom stereocenters. The summed E-state index contributed by atoms with van der Waals surface area (Å²) in [4.78, 5) is 0. The average Bonchev–Trinajstić information content (AvgIpc) is 2.63. The third-order valence-electron chi connectivity index (χ3n) is 2.97. The van der Waals surface area contributed by atoms with Gasteiger partial charge in [-0.1, -0.05) is 18.5 Å². The van der Waals surface area contributed by atoms with Crippen LogP contribution in [0.2, 0.25) is 5.02 Å². The van der Waals surface area contributed by atoms with Gasteiger partial charge in [0.25, 0.3) is 0 Å². The largest absolute Gasteiger partial charge is 0.313 e. The van der Waals surface area contributed by atoms with Crippen LogP contribution >= 0.6 is 11.6 Å². The molecule has 0 saturated carbocycles. The summed E-state index contributed by atoms with van der Waals surface area (Å²) in [5, 5.41) is 8.14. The standard InChI is InChI=1S/C14H17ClFN3/c1-4-17-8-11-5-12(16)7-13(6-11)19-10(3)14(15)9(2)18-19/h5-7,17H,4,8H2,1-3H3. The van der Waals surface area contributed by atoms with Crippen molar-refractivity contribution in [3.05, 3.63) is 46.0 Å². The molecule has 0 aliphatic heterocycles. The first-order valence-corrected chi connectivity index (χ1v) is 6.63. The summed E-state index contributed by atoms with van der Waals surface area (Å²) < 4.78 is 15.4. The average molecular weight is 282 g/mol. The van der Waals surface area contributed by atoms with E-state index in [1.807, 2.05) is 26.8 Å². The Morgan fingerprint density at radius 2 is 2.05 bits per heavy atom. The maximum absolute atomic E-state index is 13.7. The Morgan fingerprint density at radius 1 is 1.32 bits per heavy atom. The molecule has 1 aromatic carbocycles. The molecular weight excluding hydrogens is 265 g/mol. The van der Waals surface area contributed by atoms with Crippen molar-refractivity contribution in [3.8, 4) is 5.69 Å². The Balaban J connectivity index is 2.43. The zero-order valence-corrected chi connectivity index (χ0v) is 12.1. The van der Waals surface area contributed by atoms with Crippen LogP contribution in [0.4, 0.5) is 4.39 Å². The van der Waals surface area contributed by atoms with Crippen molar-refractivity contribution in [3.63, 3.8) is 0 Å². The highest BCUT2D eigenvalue weighted by atomic mass is 35.5. The number of nitrogens with zero attached hydrogens (tertiary/aromatic N) is 2. The minimum atomic E-state index is -0.269. The van der Waals surface area contributed by atoms with Crippen molar-refractivity contribution in [2.24, 2.45) is 0 Å². The van der Waals surface area contributed by atoms with Crippen LogP contribution in [0.15, 0.2) is 18.2 Å². The highest BCUT2D eigenvalue weighted by Gasteiger charge is 2.12. The van der Waals surface area contributed by atoms with Gasteiger partial charge in [0.1, 0.15) is 5.82 Å². The van der Waals surface area contributed by atoms with Gasteiger partial charge in [-0.25, -0.2) is 9.07 Å². The van der Waals surface area contributed by atoms with Crippen LogP contribution in [0.25, 0.3) is 5.69 Å². The second-order valence-corrected chi connectivity index (χ2v) is 4.87. The SMILES string of the molecule is CCNCc1cc(F)cc(-n2nc(C)c(Cl)c2C)c1. The first kappa shape index (κ1) is 14.0. The molecule has 3 nitrogen and oxygen atoms in total. The molecule has 0 radical (unpaired) electrons. The summed E-state index contributed by atoms with van der Waals surface area (Å²) in [7, 11) is 0. The Labute approximate surface area is 117 Å². The fraction of sp³-hybridized carbons (Fsp3) is 0.357. The zero-order valence-electron chi connectivity index (χ0n) is 11.3. The van der Waals surface area contributed by atoms with Gasteiger partial charge < -0.3 is 5.32 Å². The van der Waals surface area contributed by atoms with Gasteiger partial charge in [0, 0.05) is 6.54 Å². The molecule has 102 valence electrons. The second kappa shape index (κ2) is 5.72. The van der Waals surface area contributed by atoms with Gasteiger partial charge in [-0.2, -0.15) is 5.10 Å². The number of benzene rings is 1. The molecule has 5 heteroatoms. The molecule has 0 fully saturated rings. The first-order valence-electron chi connectivity index (χ1n) is 6.25. The molecule has 0 bridgehead atoms. The van der Waals surface area contributed by atoms with Gasteiger partial charge in [-0.3, -0.25) is 0 Å². The minimum absolute atomic E-state index is 0.269. The van der Waals surface area contributed by atoms with Crippen molar-refractivity contribution in [1.82, 2.24) is 15.1 Å². The van der Waals surface area contributed by atoms with E-state index >= 15 is 0 Å². The lowest BCUT2D eigenvalue weighted by Gasteiger charge is -2.08. The molecule has 0 amide bonds. The van der Waals surface area contributed by atoms with Crippen molar-refractivity contribution >= 4 is 11.6 Å². The van der Waals surface area contributed by atoms with E-state index in [1.165, 1.54) is 12.1 Å². The van der Waals surface area contributed by atoms with Gasteiger partial charge in [0.2, 0.25) is 0 Å². The molecule has 2 rings (SSSR count). The fourth-order valence-electron chi connectivity index (χ4n) is 2.00. The normalized spacial score (nSPS) is 11.0. The topological polar surface area (TPSA) is 29.9 Å². The highest BCUT2D eigenvalue weighted by Crippen LogP contribution is 2.23. The summed E-state index contributed by atoms with van der Waals surface area (Å²) in [6.45, 7) is 7.20. The van der Waals surface area contributed by atoms with E-state index in [1.54, 1.807) is 4.68 Å². The molecule has 0 saturated heterocycles. The van der Waals surface area contributed by atoms with Gasteiger partial charge in [-0.05, 0) is 44.2 Å². The number of hydrogen-bond donors (Lipinski definition) is 1. The van der Waals surface area contributed by atoms with Gasteiger partial charge >= 0.3 is 0 Å². The molecule has 2 aromatic rings. The Morgan fingerprint density at radius 3 is 2.63 bits per heavy atom. The molecule has 0 aliphatic carbocycles. The summed E-state index contributed by atoms with van der Waals surface area (Å²) >= 11 is 6.12. The van der Waals surface area contributed by atoms with Crippen LogP contribution in [0, 0.1) is 19.7 Å². The molecule has 19 heavy (non-hydrogen) atoms. The van der Waals surface area contributed by atoms with Crippen molar-refractivity contribution in [1.29, 1.82) is 0 Å². The number of aromatic nitrogens is 2. The zero-order chi connectivity index (χ0) is 14.0. The van der Waals surface area contributed by atoms with E-state index in [0.29, 0.717) is 17.3 Å². The van der Waals surface area contributed by atoms with Crippen molar-refractivity contribution in [2.45, 2.75) is 27.3 Å². The lowest BCUT2D eigenvalue weighted by molar-refractivity contribution is 0.618. The van der Waals surface area contributed by atoms with E-state index < -0.39 is 0 Å². The van der Waals surface area contributed by atoms with Crippen LogP contribution in [0.1, 0.15) is 23.9 Å². The second-order valence-electron chi connectivity index (χ2n) is 4.49. The number of rotatable bonds is 4. The molecule has 0 aliphatic rings. The third-order valence-corrected chi connectivity index (χ3v) is 3.52. The predicted molar refractivity (Wildman–Crippen MR) is 75.4 cm³/mol. The smallest absolute Gasteiger partial charge is 0.125 e. The summed E-state index contributed by atoms with van der Waals surface area (Å²) in [5.74, 6) is -0.269. The quantitative estimate of drug-likeness (QED) is 0.931. The van der Waals surface area contributed by atoms with Crippen LogP contribution < -0.4 is 5.32 Å². The maximum Gasteiger partial charge on any atom is 0.125 e.